The Morgan fingerprint density at radius 1 is 1.21 bits per heavy atom. The van der Waals surface area contributed by atoms with Crippen LogP contribution in [0.2, 0.25) is 0 Å². The molecule has 1 aromatic carbocycles. The highest BCUT2D eigenvalue weighted by molar-refractivity contribution is 6.04. The summed E-state index contributed by atoms with van der Waals surface area (Å²) in [6.45, 7) is 6.42. The summed E-state index contributed by atoms with van der Waals surface area (Å²) < 4.78 is 18.4. The third kappa shape index (κ3) is 3.11. The third-order valence-electron chi connectivity index (χ3n) is 5.32. The first-order valence-electron chi connectivity index (χ1n) is 9.17. The van der Waals surface area contributed by atoms with Crippen molar-refractivity contribution in [1.29, 1.82) is 0 Å². The fourth-order valence-electron chi connectivity index (χ4n) is 3.63. The van der Waals surface area contributed by atoms with Crippen LogP contribution in [0.5, 0.6) is 0 Å². The highest BCUT2D eigenvalue weighted by atomic mass is 19.1. The summed E-state index contributed by atoms with van der Waals surface area (Å²) in [7, 11) is 0. The Labute approximate surface area is 161 Å². The predicted octanol–water partition coefficient (Wildman–Crippen LogP) is 2.30. The summed E-state index contributed by atoms with van der Waals surface area (Å²) in [5, 5.41) is 9.95. The van der Waals surface area contributed by atoms with E-state index in [2.05, 4.69) is 15.5 Å². The predicted molar refractivity (Wildman–Crippen MR) is 99.3 cm³/mol. The third-order valence-corrected chi connectivity index (χ3v) is 5.32. The molecule has 1 aromatic heterocycles. The number of rotatable bonds is 2. The molecule has 4 rings (SSSR count). The van der Waals surface area contributed by atoms with Crippen LogP contribution in [0.3, 0.4) is 0 Å². The number of H-pyrrole nitrogens is 1. The maximum Gasteiger partial charge on any atom is 0.321 e. The molecule has 28 heavy (non-hydrogen) atoms. The maximum absolute atomic E-state index is 13.1. The quantitative estimate of drug-likeness (QED) is 0.827. The molecule has 0 atom stereocenters. The Morgan fingerprint density at radius 2 is 1.89 bits per heavy atom. The minimum absolute atomic E-state index is 0.0614. The normalized spacial score (nSPS) is 18.1. The Kier molecular flexibility index (Phi) is 4.54. The smallest absolute Gasteiger partial charge is 0.321 e. The number of nitrogens with one attached hydrogen (secondary N) is 2. The van der Waals surface area contributed by atoms with Crippen LogP contribution in [0.4, 0.5) is 15.0 Å². The van der Waals surface area contributed by atoms with Crippen LogP contribution >= 0.6 is 0 Å². The first-order valence-corrected chi connectivity index (χ1v) is 9.17. The number of fused-ring (bicyclic) bond motifs is 1. The van der Waals surface area contributed by atoms with Gasteiger partial charge in [0.15, 0.2) is 5.82 Å². The molecule has 3 heterocycles. The number of aromatic amines is 1. The molecule has 3 amide bonds. The van der Waals surface area contributed by atoms with Crippen molar-refractivity contribution < 1.29 is 18.7 Å². The second kappa shape index (κ2) is 6.90. The summed E-state index contributed by atoms with van der Waals surface area (Å²) in [5.41, 5.74) is 1.32. The number of carbonyl (C=O) groups is 2. The minimum atomic E-state index is -0.587. The zero-order chi connectivity index (χ0) is 19.9. The number of carbonyl (C=O) groups excluding carboxylic acids is 2. The van der Waals surface area contributed by atoms with Gasteiger partial charge in [0.2, 0.25) is 0 Å². The molecule has 2 N–H and O–H groups in total. The van der Waals surface area contributed by atoms with E-state index in [1.807, 2.05) is 13.8 Å². The lowest BCUT2D eigenvalue weighted by Crippen LogP contribution is -2.51. The van der Waals surface area contributed by atoms with Crippen molar-refractivity contribution in [2.24, 2.45) is 0 Å². The van der Waals surface area contributed by atoms with E-state index < -0.39 is 11.4 Å². The van der Waals surface area contributed by atoms with Crippen LogP contribution in [0.25, 0.3) is 0 Å². The summed E-state index contributed by atoms with van der Waals surface area (Å²) in [5.74, 6) is -0.407. The van der Waals surface area contributed by atoms with E-state index in [0.717, 1.165) is 11.3 Å². The average Bonchev–Trinajstić information content (AvgIpc) is 3.21. The van der Waals surface area contributed by atoms with Gasteiger partial charge >= 0.3 is 6.03 Å². The molecule has 0 unspecified atom stereocenters. The molecule has 8 nitrogen and oxygen atoms in total. The summed E-state index contributed by atoms with van der Waals surface area (Å²) in [4.78, 5) is 29.0. The topological polar surface area (TPSA) is 90.6 Å². The molecule has 0 saturated carbocycles. The Bertz CT molecular complexity index is 903. The van der Waals surface area contributed by atoms with Crippen molar-refractivity contribution in [2.45, 2.75) is 25.9 Å². The Hall–Kier alpha value is -2.94. The van der Waals surface area contributed by atoms with Gasteiger partial charge in [-0.2, -0.15) is 5.10 Å². The monoisotopic (exact) mass is 387 g/mol. The van der Waals surface area contributed by atoms with Gasteiger partial charge < -0.3 is 19.9 Å². The molecule has 1 saturated heterocycles. The first kappa shape index (κ1) is 18.4. The van der Waals surface area contributed by atoms with Gasteiger partial charge in [0, 0.05) is 24.2 Å². The Morgan fingerprint density at radius 3 is 2.57 bits per heavy atom. The van der Waals surface area contributed by atoms with Gasteiger partial charge in [0.1, 0.15) is 5.82 Å². The first-order chi connectivity index (χ1) is 13.4. The van der Waals surface area contributed by atoms with Gasteiger partial charge in [-0.25, -0.2) is 9.18 Å². The second-order valence-corrected chi connectivity index (χ2v) is 7.41. The van der Waals surface area contributed by atoms with Gasteiger partial charge in [-0.15, -0.1) is 0 Å². The molecule has 2 aliphatic heterocycles. The van der Waals surface area contributed by atoms with Crippen LogP contribution in [-0.2, 0) is 16.8 Å². The maximum atomic E-state index is 13.1. The van der Waals surface area contributed by atoms with E-state index in [-0.39, 0.29) is 11.9 Å². The summed E-state index contributed by atoms with van der Waals surface area (Å²) in [6.07, 6.45) is 0. The molecule has 0 spiro atoms. The fraction of sp³-hybridized carbons (Fsp3) is 0.421. The number of nitrogens with zero attached hydrogens (tertiary/aromatic N) is 3. The van der Waals surface area contributed by atoms with E-state index >= 15 is 0 Å². The SMILES string of the molecule is CC1(C)c2[nH]nc(NC(=O)c3ccc(F)cc3)c2CN1C(=O)N1CCOCC1. The van der Waals surface area contributed by atoms with Crippen LogP contribution < -0.4 is 5.32 Å². The molecule has 9 heteroatoms. The number of morpholine rings is 1. The van der Waals surface area contributed by atoms with Gasteiger partial charge in [-0.1, -0.05) is 0 Å². The standard InChI is InChI=1S/C19H22FN5O3/c1-19(2)15-14(11-25(19)18(27)24-7-9-28-10-8-24)16(23-22-15)21-17(26)12-3-5-13(20)6-4-12/h3-6H,7-11H2,1-2H3,(H2,21,22,23,26). The largest absolute Gasteiger partial charge is 0.378 e. The molecular formula is C19H22FN5O3. The lowest BCUT2D eigenvalue weighted by molar-refractivity contribution is 0.0326. The van der Waals surface area contributed by atoms with Crippen LogP contribution in [0, 0.1) is 5.82 Å². The zero-order valence-corrected chi connectivity index (χ0v) is 15.8. The number of urea groups is 1. The average molecular weight is 387 g/mol. The van der Waals surface area contributed by atoms with E-state index in [0.29, 0.717) is 44.2 Å². The van der Waals surface area contributed by atoms with Crippen molar-refractivity contribution in [3.05, 3.63) is 46.9 Å². The second-order valence-electron chi connectivity index (χ2n) is 7.41. The number of aromatic nitrogens is 2. The molecular weight excluding hydrogens is 365 g/mol. The highest BCUT2D eigenvalue weighted by Crippen LogP contribution is 2.41. The lowest BCUT2D eigenvalue weighted by Gasteiger charge is -2.37. The van der Waals surface area contributed by atoms with Crippen molar-refractivity contribution >= 4 is 17.8 Å². The van der Waals surface area contributed by atoms with Crippen molar-refractivity contribution in [1.82, 2.24) is 20.0 Å². The van der Waals surface area contributed by atoms with Gasteiger partial charge in [-0.05, 0) is 38.1 Å². The number of hydrogen-bond acceptors (Lipinski definition) is 4. The number of anilines is 1. The minimum Gasteiger partial charge on any atom is -0.378 e. The molecule has 0 bridgehead atoms. The molecule has 2 aromatic rings. The molecule has 0 aliphatic carbocycles. The van der Waals surface area contributed by atoms with Crippen LogP contribution in [-0.4, -0.2) is 58.2 Å². The van der Waals surface area contributed by atoms with Gasteiger partial charge in [0.25, 0.3) is 5.91 Å². The molecule has 148 valence electrons. The van der Waals surface area contributed by atoms with Gasteiger partial charge in [0.05, 0.1) is 31.0 Å². The van der Waals surface area contributed by atoms with E-state index in [9.17, 15) is 14.0 Å². The molecule has 2 aliphatic rings. The summed E-state index contributed by atoms with van der Waals surface area (Å²) in [6, 6.07) is 5.23. The molecule has 1 fully saturated rings. The van der Waals surface area contributed by atoms with Crippen molar-refractivity contribution in [2.75, 3.05) is 31.6 Å². The fourth-order valence-corrected chi connectivity index (χ4v) is 3.63. The molecule has 0 radical (unpaired) electrons. The number of benzene rings is 1. The summed E-state index contributed by atoms with van der Waals surface area (Å²) >= 11 is 0. The number of ether oxygens (including phenoxy) is 1. The number of amides is 3. The van der Waals surface area contributed by atoms with E-state index in [4.69, 9.17) is 4.74 Å². The Balaban J connectivity index is 1.54. The lowest BCUT2D eigenvalue weighted by atomic mass is 10.0. The zero-order valence-electron chi connectivity index (χ0n) is 15.8. The highest BCUT2D eigenvalue weighted by Gasteiger charge is 2.45. The van der Waals surface area contributed by atoms with Crippen molar-refractivity contribution in [3.8, 4) is 0 Å². The van der Waals surface area contributed by atoms with Crippen LogP contribution in [0.1, 0.15) is 35.5 Å². The van der Waals surface area contributed by atoms with Gasteiger partial charge in [-0.3, -0.25) is 9.89 Å². The van der Waals surface area contributed by atoms with Crippen molar-refractivity contribution in [3.63, 3.8) is 0 Å². The van der Waals surface area contributed by atoms with E-state index in [1.165, 1.54) is 24.3 Å². The number of hydrogen-bond donors (Lipinski definition) is 2. The van der Waals surface area contributed by atoms with E-state index in [1.54, 1.807) is 9.80 Å². The number of halogens is 1. The van der Waals surface area contributed by atoms with Crippen LogP contribution in [0.15, 0.2) is 24.3 Å².